The molecular weight excluding hydrogens is 310 g/mol. The predicted octanol–water partition coefficient (Wildman–Crippen LogP) is 2.80. The third kappa shape index (κ3) is 6.10. The second kappa shape index (κ2) is 9.80. The molecule has 1 N–H and O–H groups in total. The minimum Gasteiger partial charge on any atom is -0.490 e. The summed E-state index contributed by atoms with van der Waals surface area (Å²) in [6, 6.07) is 4.83. The van der Waals surface area contributed by atoms with Crippen molar-refractivity contribution in [2.24, 2.45) is 5.92 Å². The second-order valence-corrected chi connectivity index (χ2v) is 5.70. The third-order valence-electron chi connectivity index (χ3n) is 3.50. The molecule has 24 heavy (non-hydrogen) atoms. The molecule has 1 rings (SSSR count). The van der Waals surface area contributed by atoms with Crippen LogP contribution in [0, 0.1) is 5.92 Å². The third-order valence-corrected chi connectivity index (χ3v) is 3.50. The summed E-state index contributed by atoms with van der Waals surface area (Å²) in [6.07, 6.45) is 0. The van der Waals surface area contributed by atoms with Crippen molar-refractivity contribution in [2.45, 2.75) is 40.7 Å². The van der Waals surface area contributed by atoms with Gasteiger partial charge in [0.05, 0.1) is 18.8 Å². The van der Waals surface area contributed by atoms with Gasteiger partial charge < -0.3 is 19.5 Å². The Morgan fingerprint density at radius 2 is 1.67 bits per heavy atom. The summed E-state index contributed by atoms with van der Waals surface area (Å²) in [6.45, 7) is 10.3. The maximum atomic E-state index is 12.1. The lowest BCUT2D eigenvalue weighted by molar-refractivity contribution is -0.125. The maximum absolute atomic E-state index is 12.1. The van der Waals surface area contributed by atoms with E-state index in [1.165, 1.54) is 0 Å². The number of ether oxygens (including phenoxy) is 3. The van der Waals surface area contributed by atoms with Gasteiger partial charge in [-0.15, -0.1) is 0 Å². The Hall–Kier alpha value is -2.24. The molecule has 1 atom stereocenters. The Morgan fingerprint density at radius 3 is 2.25 bits per heavy atom. The van der Waals surface area contributed by atoms with Crippen molar-refractivity contribution in [3.8, 4) is 11.5 Å². The Kier molecular flexibility index (Phi) is 8.09. The fourth-order valence-corrected chi connectivity index (χ4v) is 1.85. The summed E-state index contributed by atoms with van der Waals surface area (Å²) in [5.74, 6) is 0.461. The Morgan fingerprint density at radius 1 is 1.04 bits per heavy atom. The van der Waals surface area contributed by atoms with Crippen LogP contribution < -0.4 is 14.8 Å². The zero-order valence-corrected chi connectivity index (χ0v) is 15.0. The first kappa shape index (κ1) is 19.8. The van der Waals surface area contributed by atoms with Crippen molar-refractivity contribution in [3.05, 3.63) is 23.8 Å². The average Bonchev–Trinajstić information content (AvgIpc) is 2.54. The van der Waals surface area contributed by atoms with Crippen LogP contribution in [0.4, 0.5) is 0 Å². The molecule has 0 radical (unpaired) electrons. The SMILES string of the molecule is CCOc1ccc(C(=O)OCC(=O)N[C@@H](C)C(C)C)cc1OCC. The standard InChI is InChI=1S/C18H27NO5/c1-6-22-15-9-8-14(10-16(15)23-7-2)18(21)24-11-17(20)19-13(5)12(3)4/h8-10,12-13H,6-7,11H2,1-5H3,(H,19,20)/t13-/m0/s1. The van der Waals surface area contributed by atoms with Gasteiger partial charge in [-0.2, -0.15) is 0 Å². The van der Waals surface area contributed by atoms with Crippen molar-refractivity contribution in [3.63, 3.8) is 0 Å². The van der Waals surface area contributed by atoms with Crippen molar-refractivity contribution >= 4 is 11.9 Å². The van der Waals surface area contributed by atoms with Crippen LogP contribution in [0.3, 0.4) is 0 Å². The van der Waals surface area contributed by atoms with E-state index in [1.807, 2.05) is 34.6 Å². The van der Waals surface area contributed by atoms with Crippen LogP contribution in [0.5, 0.6) is 11.5 Å². The molecule has 1 aromatic carbocycles. The normalized spacial score (nSPS) is 11.8. The molecule has 134 valence electrons. The molecule has 0 saturated carbocycles. The van der Waals surface area contributed by atoms with Crippen LogP contribution in [0.1, 0.15) is 45.0 Å². The number of nitrogens with one attached hydrogen (secondary N) is 1. The highest BCUT2D eigenvalue weighted by molar-refractivity contribution is 5.92. The maximum Gasteiger partial charge on any atom is 0.338 e. The van der Waals surface area contributed by atoms with E-state index < -0.39 is 5.97 Å². The number of esters is 1. The molecule has 0 aromatic heterocycles. The van der Waals surface area contributed by atoms with E-state index in [1.54, 1.807) is 18.2 Å². The summed E-state index contributed by atoms with van der Waals surface area (Å²) in [4.78, 5) is 23.9. The van der Waals surface area contributed by atoms with Gasteiger partial charge in [0.2, 0.25) is 0 Å². The molecule has 6 nitrogen and oxygen atoms in total. The van der Waals surface area contributed by atoms with Crippen LogP contribution in [-0.4, -0.2) is 37.7 Å². The highest BCUT2D eigenvalue weighted by Crippen LogP contribution is 2.28. The molecule has 0 saturated heterocycles. The van der Waals surface area contributed by atoms with Crippen molar-refractivity contribution < 1.29 is 23.8 Å². The fourth-order valence-electron chi connectivity index (χ4n) is 1.85. The number of carbonyl (C=O) groups is 2. The number of benzene rings is 1. The lowest BCUT2D eigenvalue weighted by Crippen LogP contribution is -2.38. The van der Waals surface area contributed by atoms with Gasteiger partial charge in [-0.1, -0.05) is 13.8 Å². The smallest absolute Gasteiger partial charge is 0.338 e. The molecular formula is C18H27NO5. The molecule has 0 heterocycles. The number of carbonyl (C=O) groups excluding carboxylic acids is 2. The molecule has 0 aliphatic heterocycles. The van der Waals surface area contributed by atoms with Gasteiger partial charge >= 0.3 is 5.97 Å². The number of rotatable bonds is 9. The Bertz CT molecular complexity index is 556. The minimum absolute atomic E-state index is 0.0197. The largest absolute Gasteiger partial charge is 0.490 e. The van der Waals surface area contributed by atoms with E-state index in [-0.39, 0.29) is 18.6 Å². The van der Waals surface area contributed by atoms with Crippen LogP contribution >= 0.6 is 0 Å². The first-order valence-electron chi connectivity index (χ1n) is 8.25. The first-order valence-corrected chi connectivity index (χ1v) is 8.25. The average molecular weight is 337 g/mol. The predicted molar refractivity (Wildman–Crippen MR) is 91.5 cm³/mol. The van der Waals surface area contributed by atoms with Gasteiger partial charge in [-0.25, -0.2) is 4.79 Å². The van der Waals surface area contributed by atoms with E-state index in [2.05, 4.69) is 5.32 Å². The summed E-state index contributed by atoms with van der Waals surface area (Å²) in [7, 11) is 0. The van der Waals surface area contributed by atoms with Crippen LogP contribution in [0.15, 0.2) is 18.2 Å². The fraction of sp³-hybridized carbons (Fsp3) is 0.556. The van der Waals surface area contributed by atoms with Gasteiger partial charge in [0.1, 0.15) is 0 Å². The molecule has 0 spiro atoms. The van der Waals surface area contributed by atoms with Crippen molar-refractivity contribution in [1.82, 2.24) is 5.32 Å². The number of hydrogen-bond acceptors (Lipinski definition) is 5. The second-order valence-electron chi connectivity index (χ2n) is 5.70. The molecule has 0 bridgehead atoms. The monoisotopic (exact) mass is 337 g/mol. The molecule has 0 fully saturated rings. The van der Waals surface area contributed by atoms with E-state index >= 15 is 0 Å². The first-order chi connectivity index (χ1) is 11.4. The van der Waals surface area contributed by atoms with E-state index in [0.29, 0.717) is 36.2 Å². The zero-order valence-electron chi connectivity index (χ0n) is 15.0. The van der Waals surface area contributed by atoms with E-state index in [0.717, 1.165) is 0 Å². The van der Waals surface area contributed by atoms with Crippen LogP contribution in [0.25, 0.3) is 0 Å². The lowest BCUT2D eigenvalue weighted by Gasteiger charge is -2.17. The summed E-state index contributed by atoms with van der Waals surface area (Å²) < 4.78 is 16.0. The summed E-state index contributed by atoms with van der Waals surface area (Å²) in [5, 5.41) is 2.78. The van der Waals surface area contributed by atoms with E-state index in [4.69, 9.17) is 14.2 Å². The Labute approximate surface area is 143 Å². The van der Waals surface area contributed by atoms with Gasteiger partial charge in [-0.05, 0) is 44.9 Å². The number of hydrogen-bond donors (Lipinski definition) is 1. The highest BCUT2D eigenvalue weighted by Gasteiger charge is 2.16. The van der Waals surface area contributed by atoms with Crippen LogP contribution in [0.2, 0.25) is 0 Å². The number of amides is 1. The molecule has 1 aromatic rings. The van der Waals surface area contributed by atoms with Gasteiger partial charge in [0.25, 0.3) is 5.91 Å². The summed E-state index contributed by atoms with van der Waals surface area (Å²) >= 11 is 0. The van der Waals surface area contributed by atoms with Gasteiger partial charge in [-0.3, -0.25) is 4.79 Å². The molecule has 6 heteroatoms. The molecule has 0 aliphatic rings. The molecule has 0 aliphatic carbocycles. The van der Waals surface area contributed by atoms with Gasteiger partial charge in [0.15, 0.2) is 18.1 Å². The Balaban J connectivity index is 2.67. The van der Waals surface area contributed by atoms with Crippen LogP contribution in [-0.2, 0) is 9.53 Å². The molecule has 0 unspecified atom stereocenters. The topological polar surface area (TPSA) is 73.9 Å². The van der Waals surface area contributed by atoms with Gasteiger partial charge in [0, 0.05) is 6.04 Å². The minimum atomic E-state index is -0.577. The summed E-state index contributed by atoms with van der Waals surface area (Å²) in [5.41, 5.74) is 0.312. The van der Waals surface area contributed by atoms with Crippen molar-refractivity contribution in [2.75, 3.05) is 19.8 Å². The lowest BCUT2D eigenvalue weighted by atomic mass is 10.1. The van der Waals surface area contributed by atoms with Crippen molar-refractivity contribution in [1.29, 1.82) is 0 Å². The zero-order chi connectivity index (χ0) is 18.1. The molecule has 1 amide bonds. The van der Waals surface area contributed by atoms with E-state index in [9.17, 15) is 9.59 Å². The quantitative estimate of drug-likeness (QED) is 0.701. The highest BCUT2D eigenvalue weighted by atomic mass is 16.5.